The van der Waals surface area contributed by atoms with Gasteiger partial charge in [0.05, 0.1) is 17.3 Å². The van der Waals surface area contributed by atoms with Crippen LogP contribution in [0.15, 0.2) is 29.6 Å². The van der Waals surface area contributed by atoms with Crippen LogP contribution in [0.2, 0.25) is 0 Å². The molecule has 2 amide bonds. The number of thioether (sulfide) groups is 1. The number of amides is 2. The molecule has 24 heavy (non-hydrogen) atoms. The van der Waals surface area contributed by atoms with E-state index < -0.39 is 0 Å². The molecule has 7 heteroatoms. The van der Waals surface area contributed by atoms with Gasteiger partial charge in [0, 0.05) is 10.9 Å². The molecule has 0 radical (unpaired) electrons. The molecule has 5 nitrogen and oxygen atoms in total. The summed E-state index contributed by atoms with van der Waals surface area (Å²) in [6.07, 6.45) is 2.20. The van der Waals surface area contributed by atoms with E-state index in [1.165, 1.54) is 28.7 Å². The highest BCUT2D eigenvalue weighted by atomic mass is 32.2. The van der Waals surface area contributed by atoms with Crippen LogP contribution in [0.5, 0.6) is 0 Å². The third kappa shape index (κ3) is 4.15. The van der Waals surface area contributed by atoms with Gasteiger partial charge in [-0.3, -0.25) is 9.59 Å². The molecule has 2 aromatic rings. The van der Waals surface area contributed by atoms with Crippen LogP contribution in [0, 0.1) is 0 Å². The van der Waals surface area contributed by atoms with Crippen molar-refractivity contribution < 1.29 is 9.59 Å². The fraction of sp³-hybridized carbons (Fsp3) is 0.353. The first-order valence-electron chi connectivity index (χ1n) is 7.86. The maximum absolute atomic E-state index is 12.0. The molecule has 1 aliphatic heterocycles. The van der Waals surface area contributed by atoms with Gasteiger partial charge in [0.25, 0.3) is 0 Å². The lowest BCUT2D eigenvalue weighted by molar-refractivity contribution is -0.130. The van der Waals surface area contributed by atoms with E-state index in [9.17, 15) is 9.59 Å². The molecule has 2 heterocycles. The molecular formula is C17H19N3O2S2. The summed E-state index contributed by atoms with van der Waals surface area (Å²) in [5, 5.41) is 5.27. The topological polar surface area (TPSA) is 62.3 Å². The molecule has 126 valence electrons. The number of carbonyl (C=O) groups is 2. The first-order chi connectivity index (χ1) is 11.7. The standard InChI is InChI=1S/C17H19N3O2S2/c1-2-3-12-4-6-13(7-5-12)14-9-24-17(18-14)19-15(21)8-20-11-23-10-16(20)22/h4-7,9H,2-3,8,10-11H2,1H3,(H,18,19,21). The Labute approximate surface area is 149 Å². The fourth-order valence-corrected chi connectivity index (χ4v) is 4.11. The minimum Gasteiger partial charge on any atom is -0.323 e. The lowest BCUT2D eigenvalue weighted by Crippen LogP contribution is -2.34. The highest BCUT2D eigenvalue weighted by Crippen LogP contribution is 2.25. The summed E-state index contributed by atoms with van der Waals surface area (Å²) >= 11 is 2.92. The van der Waals surface area contributed by atoms with Gasteiger partial charge in [-0.15, -0.1) is 23.1 Å². The number of nitrogens with one attached hydrogen (secondary N) is 1. The Morgan fingerprint density at radius 2 is 2.12 bits per heavy atom. The molecule has 0 bridgehead atoms. The van der Waals surface area contributed by atoms with Crippen LogP contribution in [-0.2, 0) is 16.0 Å². The van der Waals surface area contributed by atoms with E-state index in [2.05, 4.69) is 41.5 Å². The number of benzene rings is 1. The normalized spacial score (nSPS) is 14.2. The Morgan fingerprint density at radius 3 is 2.79 bits per heavy atom. The predicted octanol–water partition coefficient (Wildman–Crippen LogP) is 3.23. The summed E-state index contributed by atoms with van der Waals surface area (Å²) in [5.74, 6) is 0.856. The summed E-state index contributed by atoms with van der Waals surface area (Å²) in [6.45, 7) is 2.25. The maximum atomic E-state index is 12.0. The Kier molecular flexibility index (Phi) is 5.52. The number of aromatic nitrogens is 1. The van der Waals surface area contributed by atoms with Gasteiger partial charge in [-0.25, -0.2) is 4.98 Å². The van der Waals surface area contributed by atoms with Crippen LogP contribution in [0.25, 0.3) is 11.3 Å². The van der Waals surface area contributed by atoms with Gasteiger partial charge < -0.3 is 10.2 Å². The summed E-state index contributed by atoms with van der Waals surface area (Å²) in [5.41, 5.74) is 3.21. The molecule has 1 aliphatic rings. The smallest absolute Gasteiger partial charge is 0.245 e. The molecule has 0 unspecified atom stereocenters. The zero-order valence-corrected chi connectivity index (χ0v) is 15.1. The van der Waals surface area contributed by atoms with Crippen molar-refractivity contribution in [3.8, 4) is 11.3 Å². The van der Waals surface area contributed by atoms with E-state index >= 15 is 0 Å². The van der Waals surface area contributed by atoms with Crippen LogP contribution in [0.3, 0.4) is 0 Å². The second-order valence-corrected chi connectivity index (χ2v) is 7.42. The Hall–Kier alpha value is -1.86. The van der Waals surface area contributed by atoms with Crippen LogP contribution in [0.4, 0.5) is 5.13 Å². The quantitative estimate of drug-likeness (QED) is 0.858. The highest BCUT2D eigenvalue weighted by Gasteiger charge is 2.23. The second kappa shape index (κ2) is 7.81. The van der Waals surface area contributed by atoms with Crippen LogP contribution in [0.1, 0.15) is 18.9 Å². The van der Waals surface area contributed by atoms with Crippen LogP contribution >= 0.6 is 23.1 Å². The molecular weight excluding hydrogens is 342 g/mol. The molecule has 1 N–H and O–H groups in total. The third-order valence-corrected chi connectivity index (χ3v) is 5.40. The van der Waals surface area contributed by atoms with Crippen molar-refractivity contribution in [2.24, 2.45) is 0 Å². The fourth-order valence-electron chi connectivity index (χ4n) is 2.47. The van der Waals surface area contributed by atoms with Crippen LogP contribution < -0.4 is 5.32 Å². The van der Waals surface area contributed by atoms with Crippen molar-refractivity contribution >= 4 is 40.0 Å². The molecule has 1 saturated heterocycles. The van der Waals surface area contributed by atoms with Gasteiger partial charge in [0.2, 0.25) is 11.8 Å². The lowest BCUT2D eigenvalue weighted by Gasteiger charge is -2.13. The molecule has 0 spiro atoms. The zero-order valence-electron chi connectivity index (χ0n) is 13.4. The largest absolute Gasteiger partial charge is 0.323 e. The average molecular weight is 361 g/mol. The SMILES string of the molecule is CCCc1ccc(-c2csc(NC(=O)CN3CSCC3=O)n2)cc1. The van der Waals surface area contributed by atoms with Crippen molar-refractivity contribution in [1.82, 2.24) is 9.88 Å². The average Bonchev–Trinajstić information content (AvgIpc) is 3.18. The van der Waals surface area contributed by atoms with E-state index in [-0.39, 0.29) is 18.4 Å². The van der Waals surface area contributed by atoms with Gasteiger partial charge in [-0.1, -0.05) is 37.6 Å². The van der Waals surface area contributed by atoms with Crippen molar-refractivity contribution in [2.45, 2.75) is 19.8 Å². The van der Waals surface area contributed by atoms with Gasteiger partial charge in [-0.05, 0) is 12.0 Å². The van der Waals surface area contributed by atoms with E-state index in [4.69, 9.17) is 0 Å². The number of nitrogens with zero attached hydrogens (tertiary/aromatic N) is 2. The Morgan fingerprint density at radius 1 is 1.33 bits per heavy atom. The Bertz CT molecular complexity index is 728. The number of anilines is 1. The molecule has 1 fully saturated rings. The highest BCUT2D eigenvalue weighted by molar-refractivity contribution is 8.00. The van der Waals surface area contributed by atoms with Crippen LogP contribution in [-0.4, -0.2) is 39.9 Å². The summed E-state index contributed by atoms with van der Waals surface area (Å²) < 4.78 is 0. The second-order valence-electron chi connectivity index (χ2n) is 5.60. The molecule has 0 saturated carbocycles. The zero-order chi connectivity index (χ0) is 16.9. The van der Waals surface area contributed by atoms with E-state index in [1.54, 1.807) is 4.90 Å². The third-order valence-electron chi connectivity index (χ3n) is 3.70. The van der Waals surface area contributed by atoms with E-state index in [0.29, 0.717) is 16.8 Å². The Balaban J connectivity index is 1.60. The number of hydrogen-bond acceptors (Lipinski definition) is 5. The molecule has 1 aromatic heterocycles. The van der Waals surface area contributed by atoms with E-state index in [0.717, 1.165) is 24.1 Å². The van der Waals surface area contributed by atoms with Gasteiger partial charge in [0.15, 0.2) is 5.13 Å². The monoisotopic (exact) mass is 361 g/mol. The van der Waals surface area contributed by atoms with Crippen molar-refractivity contribution in [3.05, 3.63) is 35.2 Å². The van der Waals surface area contributed by atoms with Gasteiger partial charge >= 0.3 is 0 Å². The number of thiazole rings is 1. The minimum atomic E-state index is -0.204. The summed E-state index contributed by atoms with van der Waals surface area (Å²) in [4.78, 5) is 29.6. The molecule has 3 rings (SSSR count). The number of hydrogen-bond donors (Lipinski definition) is 1. The molecule has 0 atom stereocenters. The van der Waals surface area contributed by atoms with Gasteiger partial charge in [0.1, 0.15) is 6.54 Å². The predicted molar refractivity (Wildman–Crippen MR) is 99.2 cm³/mol. The van der Waals surface area contributed by atoms with Gasteiger partial charge in [-0.2, -0.15) is 0 Å². The summed E-state index contributed by atoms with van der Waals surface area (Å²) in [6, 6.07) is 8.36. The molecule has 1 aromatic carbocycles. The van der Waals surface area contributed by atoms with Crippen molar-refractivity contribution in [2.75, 3.05) is 23.5 Å². The van der Waals surface area contributed by atoms with E-state index in [1.807, 2.05) is 5.38 Å². The lowest BCUT2D eigenvalue weighted by atomic mass is 10.1. The minimum absolute atomic E-state index is 0.0159. The number of carbonyl (C=O) groups excluding carboxylic acids is 2. The first-order valence-corrected chi connectivity index (χ1v) is 9.89. The molecule has 0 aliphatic carbocycles. The summed E-state index contributed by atoms with van der Waals surface area (Å²) in [7, 11) is 0. The number of rotatable bonds is 6. The first kappa shape index (κ1) is 17.0. The van der Waals surface area contributed by atoms with Crippen molar-refractivity contribution in [1.29, 1.82) is 0 Å². The number of aryl methyl sites for hydroxylation is 1. The van der Waals surface area contributed by atoms with Crippen molar-refractivity contribution in [3.63, 3.8) is 0 Å². The maximum Gasteiger partial charge on any atom is 0.245 e.